The molecule has 2 aliphatic rings. The SMILES string of the molecule is CCCNC(=O)c1nnc2n1CC1(CCN(Cc3ccccn3)CC1)COC2. The lowest BCUT2D eigenvalue weighted by Crippen LogP contribution is -2.44. The monoisotopic (exact) mass is 384 g/mol. The van der Waals surface area contributed by atoms with Crippen LogP contribution in [0.1, 0.15) is 48.3 Å². The van der Waals surface area contributed by atoms with E-state index in [4.69, 9.17) is 4.74 Å². The van der Waals surface area contributed by atoms with Crippen molar-refractivity contribution in [1.29, 1.82) is 0 Å². The first kappa shape index (κ1) is 19.0. The Morgan fingerprint density at radius 1 is 1.29 bits per heavy atom. The minimum Gasteiger partial charge on any atom is -0.373 e. The van der Waals surface area contributed by atoms with Crippen LogP contribution in [0, 0.1) is 5.41 Å². The predicted octanol–water partition coefficient (Wildman–Crippen LogP) is 1.63. The number of nitrogens with zero attached hydrogens (tertiary/aromatic N) is 5. The van der Waals surface area contributed by atoms with Gasteiger partial charge in [-0.15, -0.1) is 10.2 Å². The average molecular weight is 384 g/mol. The fraction of sp³-hybridized carbons (Fsp3) is 0.600. The van der Waals surface area contributed by atoms with Crippen molar-refractivity contribution in [1.82, 2.24) is 30.0 Å². The minimum atomic E-state index is -0.148. The van der Waals surface area contributed by atoms with Crippen molar-refractivity contribution in [3.8, 4) is 0 Å². The van der Waals surface area contributed by atoms with Gasteiger partial charge in [0.1, 0.15) is 6.61 Å². The smallest absolute Gasteiger partial charge is 0.289 e. The van der Waals surface area contributed by atoms with Crippen molar-refractivity contribution >= 4 is 5.91 Å². The topological polar surface area (TPSA) is 85.2 Å². The molecule has 0 saturated carbocycles. The normalized spacial score (nSPS) is 19.2. The van der Waals surface area contributed by atoms with Crippen LogP contribution in [0.15, 0.2) is 24.4 Å². The summed E-state index contributed by atoms with van der Waals surface area (Å²) in [7, 11) is 0. The van der Waals surface area contributed by atoms with Gasteiger partial charge in [0.15, 0.2) is 5.82 Å². The van der Waals surface area contributed by atoms with Crippen LogP contribution in [-0.4, -0.2) is 56.8 Å². The van der Waals surface area contributed by atoms with Crippen LogP contribution in [0.2, 0.25) is 0 Å². The maximum atomic E-state index is 12.5. The van der Waals surface area contributed by atoms with Crippen molar-refractivity contribution in [2.75, 3.05) is 26.2 Å². The second kappa shape index (κ2) is 8.36. The summed E-state index contributed by atoms with van der Waals surface area (Å²) in [6.45, 7) is 7.39. The van der Waals surface area contributed by atoms with Gasteiger partial charge in [-0.2, -0.15) is 0 Å². The first-order valence-electron chi connectivity index (χ1n) is 10.1. The van der Waals surface area contributed by atoms with Crippen LogP contribution >= 0.6 is 0 Å². The summed E-state index contributed by atoms with van der Waals surface area (Å²) < 4.78 is 7.93. The molecule has 1 fully saturated rings. The van der Waals surface area contributed by atoms with Gasteiger partial charge in [0.2, 0.25) is 5.82 Å². The van der Waals surface area contributed by atoms with E-state index in [2.05, 4.69) is 31.5 Å². The van der Waals surface area contributed by atoms with Crippen LogP contribution in [0.3, 0.4) is 0 Å². The number of hydrogen-bond acceptors (Lipinski definition) is 6. The van der Waals surface area contributed by atoms with Gasteiger partial charge in [0.25, 0.3) is 5.91 Å². The molecule has 0 radical (unpaired) electrons. The van der Waals surface area contributed by atoms with Crippen LogP contribution in [-0.2, 0) is 24.4 Å². The number of carbonyl (C=O) groups excluding carboxylic acids is 1. The summed E-state index contributed by atoms with van der Waals surface area (Å²) in [5.41, 5.74) is 1.13. The number of aromatic nitrogens is 4. The van der Waals surface area contributed by atoms with E-state index in [1.807, 2.05) is 29.8 Å². The van der Waals surface area contributed by atoms with E-state index in [-0.39, 0.29) is 11.3 Å². The Hall–Kier alpha value is -2.32. The van der Waals surface area contributed by atoms with E-state index in [1.165, 1.54) is 0 Å². The fourth-order valence-electron chi connectivity index (χ4n) is 4.04. The van der Waals surface area contributed by atoms with Crippen molar-refractivity contribution < 1.29 is 9.53 Å². The van der Waals surface area contributed by atoms with Gasteiger partial charge in [0, 0.05) is 31.2 Å². The molecule has 8 nitrogen and oxygen atoms in total. The second-order valence-electron chi connectivity index (χ2n) is 7.87. The van der Waals surface area contributed by atoms with Gasteiger partial charge >= 0.3 is 0 Å². The molecule has 0 atom stereocenters. The number of nitrogens with one attached hydrogen (secondary N) is 1. The number of ether oxygens (including phenoxy) is 1. The van der Waals surface area contributed by atoms with Gasteiger partial charge in [0.05, 0.1) is 12.3 Å². The van der Waals surface area contributed by atoms with Gasteiger partial charge in [-0.3, -0.25) is 14.7 Å². The molecule has 1 spiro atoms. The summed E-state index contributed by atoms with van der Waals surface area (Å²) in [6, 6.07) is 6.05. The van der Waals surface area contributed by atoms with E-state index in [0.717, 1.165) is 57.0 Å². The quantitative estimate of drug-likeness (QED) is 0.843. The summed E-state index contributed by atoms with van der Waals surface area (Å²) >= 11 is 0. The summed E-state index contributed by atoms with van der Waals surface area (Å²) in [5.74, 6) is 1.00. The van der Waals surface area contributed by atoms with E-state index < -0.39 is 0 Å². The van der Waals surface area contributed by atoms with Crippen LogP contribution in [0.5, 0.6) is 0 Å². The highest BCUT2D eigenvalue weighted by Gasteiger charge is 2.39. The summed E-state index contributed by atoms with van der Waals surface area (Å²) in [4.78, 5) is 19.4. The van der Waals surface area contributed by atoms with Crippen molar-refractivity contribution in [2.45, 2.75) is 45.9 Å². The minimum absolute atomic E-state index is 0.0219. The number of hydrogen-bond donors (Lipinski definition) is 1. The zero-order chi connectivity index (χ0) is 19.4. The average Bonchev–Trinajstić information content (AvgIpc) is 3.02. The highest BCUT2D eigenvalue weighted by molar-refractivity contribution is 5.90. The molecule has 0 aliphatic carbocycles. The predicted molar refractivity (Wildman–Crippen MR) is 103 cm³/mol. The van der Waals surface area contributed by atoms with E-state index >= 15 is 0 Å². The fourth-order valence-corrected chi connectivity index (χ4v) is 4.04. The number of piperidine rings is 1. The molecule has 0 aromatic carbocycles. The Morgan fingerprint density at radius 2 is 2.14 bits per heavy atom. The lowest BCUT2D eigenvalue weighted by Gasteiger charge is -2.41. The third-order valence-corrected chi connectivity index (χ3v) is 5.73. The summed E-state index contributed by atoms with van der Waals surface area (Å²) in [5, 5.41) is 11.3. The molecule has 4 heterocycles. The third-order valence-electron chi connectivity index (χ3n) is 5.73. The molecule has 1 N–H and O–H groups in total. The molecule has 2 aromatic heterocycles. The van der Waals surface area contributed by atoms with Crippen LogP contribution in [0.25, 0.3) is 0 Å². The summed E-state index contributed by atoms with van der Waals surface area (Å²) in [6.07, 6.45) is 4.78. The maximum Gasteiger partial charge on any atom is 0.289 e. The molecule has 8 heteroatoms. The zero-order valence-corrected chi connectivity index (χ0v) is 16.4. The van der Waals surface area contributed by atoms with Gasteiger partial charge < -0.3 is 14.6 Å². The molecule has 2 aliphatic heterocycles. The molecule has 0 bridgehead atoms. The van der Waals surface area contributed by atoms with E-state index in [9.17, 15) is 4.79 Å². The number of carbonyl (C=O) groups is 1. The molecule has 2 aromatic rings. The van der Waals surface area contributed by atoms with Gasteiger partial charge in [-0.25, -0.2) is 0 Å². The second-order valence-corrected chi connectivity index (χ2v) is 7.87. The van der Waals surface area contributed by atoms with E-state index in [0.29, 0.717) is 25.6 Å². The Labute approximate surface area is 165 Å². The highest BCUT2D eigenvalue weighted by atomic mass is 16.5. The van der Waals surface area contributed by atoms with Crippen molar-refractivity contribution in [3.05, 3.63) is 41.7 Å². The third kappa shape index (κ3) is 4.07. The molecule has 28 heavy (non-hydrogen) atoms. The lowest BCUT2D eigenvalue weighted by molar-refractivity contribution is -0.00590. The number of amides is 1. The van der Waals surface area contributed by atoms with Crippen LogP contribution < -0.4 is 5.32 Å². The molecule has 150 valence electrons. The Bertz CT molecular complexity index is 798. The lowest BCUT2D eigenvalue weighted by atomic mass is 9.79. The zero-order valence-electron chi connectivity index (χ0n) is 16.4. The number of fused-ring (bicyclic) bond motifs is 1. The molecule has 0 unspecified atom stereocenters. The highest BCUT2D eigenvalue weighted by Crippen LogP contribution is 2.36. The van der Waals surface area contributed by atoms with Crippen molar-refractivity contribution in [2.24, 2.45) is 5.41 Å². The molecule has 1 saturated heterocycles. The number of pyridine rings is 1. The Morgan fingerprint density at radius 3 is 2.89 bits per heavy atom. The largest absolute Gasteiger partial charge is 0.373 e. The van der Waals surface area contributed by atoms with Crippen LogP contribution in [0.4, 0.5) is 0 Å². The number of rotatable bonds is 5. The Kier molecular flexibility index (Phi) is 5.68. The van der Waals surface area contributed by atoms with Gasteiger partial charge in [-0.1, -0.05) is 13.0 Å². The van der Waals surface area contributed by atoms with E-state index in [1.54, 1.807) is 0 Å². The molecular weight excluding hydrogens is 356 g/mol. The molecule has 4 rings (SSSR count). The Balaban J connectivity index is 1.44. The van der Waals surface area contributed by atoms with Crippen molar-refractivity contribution in [3.63, 3.8) is 0 Å². The molecule has 1 amide bonds. The first-order valence-corrected chi connectivity index (χ1v) is 10.1. The maximum absolute atomic E-state index is 12.5. The first-order chi connectivity index (χ1) is 13.7. The molecular formula is C20H28N6O2. The number of likely N-dealkylation sites (tertiary alicyclic amines) is 1. The standard InChI is InChI=1S/C20H28N6O2/c1-2-8-22-19(27)18-24-23-17-13-28-15-20(14-26(17)18)6-10-25(11-7-20)12-16-5-3-4-9-21-16/h3-5,9H,2,6-8,10-15H2,1H3,(H,22,27). The van der Waals surface area contributed by atoms with Gasteiger partial charge in [-0.05, 0) is 44.5 Å².